The van der Waals surface area contributed by atoms with Gasteiger partial charge in [-0.25, -0.2) is 4.39 Å². The van der Waals surface area contributed by atoms with Gasteiger partial charge in [0, 0.05) is 25.2 Å². The Morgan fingerprint density at radius 3 is 3.11 bits per heavy atom. The van der Waals surface area contributed by atoms with E-state index >= 15 is 0 Å². The number of halogens is 2. The average Bonchev–Trinajstić information content (AvgIpc) is 2.40. The lowest BCUT2D eigenvalue weighted by atomic mass is 10.2. The monoisotopic (exact) mass is 272 g/mol. The van der Waals surface area contributed by atoms with Gasteiger partial charge in [0.2, 0.25) is 0 Å². The summed E-state index contributed by atoms with van der Waals surface area (Å²) in [5.74, 6) is -0.931. The fraction of sp³-hybridized carbons (Fsp3) is 0.417. The Labute approximate surface area is 109 Å². The number of amides is 1. The van der Waals surface area contributed by atoms with Gasteiger partial charge in [-0.2, -0.15) is 0 Å². The van der Waals surface area contributed by atoms with Crippen LogP contribution >= 0.6 is 11.6 Å². The molecule has 98 valence electrons. The maximum Gasteiger partial charge on any atom is 0.251 e. The lowest BCUT2D eigenvalue weighted by Gasteiger charge is -2.23. The maximum atomic E-state index is 13.2. The molecule has 1 heterocycles. The normalized spacial score (nSPS) is 19.6. The van der Waals surface area contributed by atoms with E-state index < -0.39 is 5.82 Å². The Morgan fingerprint density at radius 1 is 1.61 bits per heavy atom. The number of carbonyl (C=O) groups is 1. The topological polar surface area (TPSA) is 50.4 Å². The predicted molar refractivity (Wildman–Crippen MR) is 66.4 cm³/mol. The molecule has 0 spiro atoms. The fourth-order valence-electron chi connectivity index (χ4n) is 1.70. The first-order valence-corrected chi connectivity index (χ1v) is 6.10. The first-order valence-electron chi connectivity index (χ1n) is 5.72. The minimum absolute atomic E-state index is 0.00589. The van der Waals surface area contributed by atoms with E-state index in [9.17, 15) is 9.18 Å². The molecule has 1 aromatic carbocycles. The Morgan fingerprint density at radius 2 is 2.44 bits per heavy atom. The van der Waals surface area contributed by atoms with Crippen LogP contribution in [0.3, 0.4) is 0 Å². The van der Waals surface area contributed by atoms with Crippen molar-refractivity contribution in [1.82, 2.24) is 10.6 Å². The zero-order valence-corrected chi connectivity index (χ0v) is 10.5. The van der Waals surface area contributed by atoms with Crippen molar-refractivity contribution in [3.63, 3.8) is 0 Å². The second-order valence-corrected chi connectivity index (χ2v) is 4.44. The molecule has 0 radical (unpaired) electrons. The van der Waals surface area contributed by atoms with Crippen LogP contribution in [0.2, 0.25) is 5.02 Å². The molecule has 2 N–H and O–H groups in total. The van der Waals surface area contributed by atoms with Gasteiger partial charge in [-0.1, -0.05) is 11.6 Å². The molecule has 1 atom stereocenters. The van der Waals surface area contributed by atoms with Gasteiger partial charge in [-0.05, 0) is 18.2 Å². The van der Waals surface area contributed by atoms with Crippen LogP contribution in [-0.4, -0.2) is 38.3 Å². The molecule has 1 amide bonds. The highest BCUT2D eigenvalue weighted by Crippen LogP contribution is 2.15. The standard InChI is InChI=1S/C12H14ClFN2O2/c13-10-2-1-8(5-11(10)14)12(17)16-7-9-6-15-3-4-18-9/h1-2,5,9,15H,3-4,6-7H2,(H,16,17). The van der Waals surface area contributed by atoms with Crippen molar-refractivity contribution in [2.75, 3.05) is 26.2 Å². The highest BCUT2D eigenvalue weighted by molar-refractivity contribution is 6.30. The van der Waals surface area contributed by atoms with E-state index in [0.29, 0.717) is 19.7 Å². The number of rotatable bonds is 3. The number of benzene rings is 1. The molecule has 0 saturated carbocycles. The summed E-state index contributed by atoms with van der Waals surface area (Å²) in [7, 11) is 0. The van der Waals surface area contributed by atoms with Crippen LogP contribution in [0.15, 0.2) is 18.2 Å². The molecule has 1 unspecified atom stereocenters. The van der Waals surface area contributed by atoms with E-state index in [1.165, 1.54) is 12.1 Å². The number of morpholine rings is 1. The molecular formula is C12H14ClFN2O2. The van der Waals surface area contributed by atoms with E-state index in [1.807, 2.05) is 0 Å². The third-order valence-corrected chi connectivity index (χ3v) is 2.98. The summed E-state index contributed by atoms with van der Waals surface area (Å²) in [6.07, 6.45) is -0.0418. The minimum atomic E-state index is -0.597. The van der Waals surface area contributed by atoms with E-state index in [2.05, 4.69) is 10.6 Å². The predicted octanol–water partition coefficient (Wildman–Crippen LogP) is 1.20. The molecule has 1 fully saturated rings. The molecule has 0 aromatic heterocycles. The lowest BCUT2D eigenvalue weighted by molar-refractivity contribution is 0.0287. The van der Waals surface area contributed by atoms with Crippen molar-refractivity contribution < 1.29 is 13.9 Å². The SMILES string of the molecule is O=C(NCC1CNCCO1)c1ccc(Cl)c(F)c1. The summed E-state index contributed by atoms with van der Waals surface area (Å²) in [5, 5.41) is 5.87. The van der Waals surface area contributed by atoms with Crippen LogP contribution in [0, 0.1) is 5.82 Å². The number of nitrogens with one attached hydrogen (secondary N) is 2. The third-order valence-electron chi connectivity index (χ3n) is 2.68. The van der Waals surface area contributed by atoms with Crippen LogP contribution < -0.4 is 10.6 Å². The Balaban J connectivity index is 1.88. The number of carbonyl (C=O) groups excluding carboxylic acids is 1. The van der Waals surface area contributed by atoms with Crippen molar-refractivity contribution in [3.05, 3.63) is 34.6 Å². The van der Waals surface area contributed by atoms with Gasteiger partial charge in [-0.15, -0.1) is 0 Å². The van der Waals surface area contributed by atoms with E-state index in [-0.39, 0.29) is 22.6 Å². The Bertz CT molecular complexity index is 436. The van der Waals surface area contributed by atoms with Crippen LogP contribution in [0.1, 0.15) is 10.4 Å². The summed E-state index contributed by atoms with van der Waals surface area (Å²) in [6, 6.07) is 3.98. The smallest absolute Gasteiger partial charge is 0.251 e. The van der Waals surface area contributed by atoms with E-state index in [1.54, 1.807) is 0 Å². The average molecular weight is 273 g/mol. The molecule has 1 aliphatic heterocycles. The molecule has 4 nitrogen and oxygen atoms in total. The van der Waals surface area contributed by atoms with Crippen molar-refractivity contribution in [3.8, 4) is 0 Å². The zero-order valence-electron chi connectivity index (χ0n) is 9.71. The summed E-state index contributed by atoms with van der Waals surface area (Å²) in [4.78, 5) is 11.8. The molecular weight excluding hydrogens is 259 g/mol. The van der Waals surface area contributed by atoms with E-state index in [4.69, 9.17) is 16.3 Å². The van der Waals surface area contributed by atoms with Crippen molar-refractivity contribution >= 4 is 17.5 Å². The fourth-order valence-corrected chi connectivity index (χ4v) is 1.81. The summed E-state index contributed by atoms with van der Waals surface area (Å²) in [6.45, 7) is 2.56. The highest BCUT2D eigenvalue weighted by Gasteiger charge is 2.15. The quantitative estimate of drug-likeness (QED) is 0.869. The molecule has 18 heavy (non-hydrogen) atoms. The van der Waals surface area contributed by atoms with Crippen LogP contribution in [0.5, 0.6) is 0 Å². The molecule has 2 rings (SSSR count). The zero-order chi connectivity index (χ0) is 13.0. The summed E-state index contributed by atoms with van der Waals surface area (Å²) < 4.78 is 18.6. The molecule has 1 aromatic rings. The van der Waals surface area contributed by atoms with Gasteiger partial charge < -0.3 is 15.4 Å². The highest BCUT2D eigenvalue weighted by atomic mass is 35.5. The van der Waals surface area contributed by atoms with E-state index in [0.717, 1.165) is 12.6 Å². The maximum absolute atomic E-state index is 13.2. The number of hydrogen-bond donors (Lipinski definition) is 2. The first-order chi connectivity index (χ1) is 8.66. The molecule has 1 saturated heterocycles. The Hall–Kier alpha value is -1.17. The van der Waals surface area contributed by atoms with Gasteiger partial charge in [0.15, 0.2) is 0 Å². The Kier molecular flexibility index (Phi) is 4.52. The largest absolute Gasteiger partial charge is 0.374 e. The number of ether oxygens (including phenoxy) is 1. The van der Waals surface area contributed by atoms with Crippen LogP contribution in [0.4, 0.5) is 4.39 Å². The summed E-state index contributed by atoms with van der Waals surface area (Å²) >= 11 is 5.55. The van der Waals surface area contributed by atoms with Crippen molar-refractivity contribution in [1.29, 1.82) is 0 Å². The van der Waals surface area contributed by atoms with Gasteiger partial charge in [0.1, 0.15) is 5.82 Å². The van der Waals surface area contributed by atoms with Gasteiger partial charge in [0.25, 0.3) is 5.91 Å². The van der Waals surface area contributed by atoms with Crippen molar-refractivity contribution in [2.24, 2.45) is 0 Å². The second kappa shape index (κ2) is 6.13. The van der Waals surface area contributed by atoms with Crippen LogP contribution in [-0.2, 0) is 4.74 Å². The van der Waals surface area contributed by atoms with Gasteiger partial charge in [-0.3, -0.25) is 4.79 Å². The first kappa shape index (κ1) is 13.3. The second-order valence-electron chi connectivity index (χ2n) is 4.04. The molecule has 1 aliphatic rings. The van der Waals surface area contributed by atoms with Gasteiger partial charge >= 0.3 is 0 Å². The summed E-state index contributed by atoms with van der Waals surface area (Å²) in [5.41, 5.74) is 0.251. The van der Waals surface area contributed by atoms with Crippen LogP contribution in [0.25, 0.3) is 0 Å². The number of hydrogen-bond acceptors (Lipinski definition) is 3. The molecule has 0 bridgehead atoms. The van der Waals surface area contributed by atoms with Crippen molar-refractivity contribution in [2.45, 2.75) is 6.10 Å². The molecule has 0 aliphatic carbocycles. The van der Waals surface area contributed by atoms with Gasteiger partial charge in [0.05, 0.1) is 17.7 Å². The minimum Gasteiger partial charge on any atom is -0.374 e. The molecule has 6 heteroatoms. The lowest BCUT2D eigenvalue weighted by Crippen LogP contribution is -2.45. The third kappa shape index (κ3) is 3.41.